The van der Waals surface area contributed by atoms with Crippen LogP contribution in [0.2, 0.25) is 0 Å². The van der Waals surface area contributed by atoms with Crippen LogP contribution in [0, 0.1) is 16.7 Å². The van der Waals surface area contributed by atoms with Crippen molar-refractivity contribution in [2.45, 2.75) is 51.3 Å². The Bertz CT molecular complexity index is 309. The van der Waals surface area contributed by atoms with Crippen molar-refractivity contribution in [3.8, 4) is 0 Å². The van der Waals surface area contributed by atoms with Gasteiger partial charge in [0.2, 0.25) is 0 Å². The van der Waals surface area contributed by atoms with E-state index in [1.165, 1.54) is 0 Å². The second-order valence-corrected chi connectivity index (χ2v) is 6.89. The quantitative estimate of drug-likeness (QED) is 0.584. The molecule has 4 heteroatoms. The van der Waals surface area contributed by atoms with E-state index in [-0.39, 0.29) is 16.9 Å². The molecule has 3 saturated carbocycles. The van der Waals surface area contributed by atoms with Crippen molar-refractivity contribution < 1.29 is 32.9 Å². The summed E-state index contributed by atoms with van der Waals surface area (Å²) >= 11 is -1.49. The molecule has 2 nitrogen and oxygen atoms in total. The molecule has 0 aromatic rings. The van der Waals surface area contributed by atoms with Crippen LogP contribution >= 0.6 is 0 Å². The number of halogens is 2. The minimum Gasteiger partial charge on any atom is -0.567 e. The molecule has 4 atom stereocenters. The minimum atomic E-state index is -1.49. The van der Waals surface area contributed by atoms with Crippen LogP contribution in [0.25, 0.3) is 0 Å². The van der Waals surface area contributed by atoms with E-state index in [0.29, 0.717) is 18.8 Å². The third-order valence-electron chi connectivity index (χ3n) is 5.47. The average molecular weight is 326 g/mol. The number of hydrogen-bond donors (Lipinski definition) is 0. The number of hydrogen-bond acceptors (Lipinski definition) is 2. The maximum absolute atomic E-state index is 14.6. The average Bonchev–Trinajstić information content (AvgIpc) is 2.50. The zero-order chi connectivity index (χ0) is 10.9. The number of fused-ring (bicyclic) bond motifs is 1. The zero-order valence-electron chi connectivity index (χ0n) is 9.06. The Morgan fingerprint density at radius 2 is 2.20 bits per heavy atom. The van der Waals surface area contributed by atoms with Crippen molar-refractivity contribution in [3.05, 3.63) is 0 Å². The van der Waals surface area contributed by atoms with Crippen LogP contribution in [0.1, 0.15) is 39.5 Å². The van der Waals surface area contributed by atoms with Gasteiger partial charge in [0.05, 0.1) is 0 Å². The van der Waals surface area contributed by atoms with E-state index in [0.717, 1.165) is 12.8 Å². The second-order valence-electron chi connectivity index (χ2n) is 6.03. The van der Waals surface area contributed by atoms with E-state index in [9.17, 15) is 7.83 Å². The molecule has 0 saturated heterocycles. The molecule has 3 fully saturated rings. The molecule has 0 aromatic heterocycles. The third kappa shape index (κ3) is 1.11. The summed E-state index contributed by atoms with van der Waals surface area (Å²) in [6.07, 6.45) is 2.65. The van der Waals surface area contributed by atoms with Crippen LogP contribution in [0.3, 0.4) is 0 Å². The molecule has 2 bridgehead atoms. The van der Waals surface area contributed by atoms with Crippen LogP contribution in [-0.4, -0.2) is 11.8 Å². The van der Waals surface area contributed by atoms with E-state index in [1.54, 1.807) is 0 Å². The van der Waals surface area contributed by atoms with Crippen molar-refractivity contribution >= 4 is 0 Å². The highest BCUT2D eigenvalue weighted by molar-refractivity contribution is 5.27. The fourth-order valence-electron chi connectivity index (χ4n) is 4.47. The predicted octanol–water partition coefficient (Wildman–Crippen LogP) is -1.41. The third-order valence-corrected chi connectivity index (χ3v) is 6.29. The smallest absolute Gasteiger partial charge is 0.453 e. The molecule has 0 N–H and O–H groups in total. The normalized spacial score (nSPS) is 55.2. The standard InChI is InChI=1S/C11H16FIO2/c1-9(2)7-3-4-11(12)6-10(7,9)5-8(11)15-13-14/h7-8H,3-6H2,1-2H3. The lowest BCUT2D eigenvalue weighted by Crippen LogP contribution is -3.70. The van der Waals surface area contributed by atoms with Gasteiger partial charge in [0.15, 0.2) is 0 Å². The Balaban J connectivity index is 1.90. The molecule has 0 radical (unpaired) electrons. The lowest BCUT2D eigenvalue weighted by atomic mass is 9.86. The summed E-state index contributed by atoms with van der Waals surface area (Å²) in [5, 5.41) is 0. The largest absolute Gasteiger partial charge is 0.567 e. The van der Waals surface area contributed by atoms with Gasteiger partial charge in [0.1, 0.15) is 11.8 Å². The summed E-state index contributed by atoms with van der Waals surface area (Å²) in [6.45, 7) is 4.50. The Kier molecular flexibility index (Phi) is 2.05. The molecule has 1 spiro atoms. The van der Waals surface area contributed by atoms with Gasteiger partial charge in [-0.05, 0) is 42.4 Å². The molecule has 15 heavy (non-hydrogen) atoms. The number of rotatable bonds is 2. The van der Waals surface area contributed by atoms with Gasteiger partial charge in [-0.3, -0.25) is 0 Å². The van der Waals surface area contributed by atoms with Crippen molar-refractivity contribution in [1.82, 2.24) is 0 Å². The van der Waals surface area contributed by atoms with Gasteiger partial charge < -0.3 is 3.44 Å². The van der Waals surface area contributed by atoms with Gasteiger partial charge in [0, 0.05) is 0 Å². The molecule has 0 aliphatic heterocycles. The van der Waals surface area contributed by atoms with E-state index < -0.39 is 27.7 Å². The van der Waals surface area contributed by atoms with Crippen molar-refractivity contribution in [1.29, 1.82) is 0 Å². The lowest BCUT2D eigenvalue weighted by molar-refractivity contribution is -1.27. The molecule has 0 aromatic carbocycles. The Hall–Kier alpha value is 0.580. The molecular formula is C11H16FIO2. The van der Waals surface area contributed by atoms with Crippen molar-refractivity contribution in [2.75, 3.05) is 0 Å². The molecule has 0 heterocycles. The first-order chi connectivity index (χ1) is 6.96. The fourth-order valence-corrected chi connectivity index (χ4v) is 5.35. The Labute approximate surface area is 101 Å². The van der Waals surface area contributed by atoms with Gasteiger partial charge in [-0.2, -0.15) is 0 Å². The zero-order valence-corrected chi connectivity index (χ0v) is 11.2. The summed E-state index contributed by atoms with van der Waals surface area (Å²) in [5.41, 5.74) is -0.724. The summed E-state index contributed by atoms with van der Waals surface area (Å²) in [4.78, 5) is 0. The van der Waals surface area contributed by atoms with Crippen molar-refractivity contribution in [2.24, 2.45) is 16.7 Å². The Morgan fingerprint density at radius 1 is 1.47 bits per heavy atom. The summed E-state index contributed by atoms with van der Waals surface area (Å²) in [6, 6.07) is 0. The van der Waals surface area contributed by atoms with Gasteiger partial charge >= 0.3 is 22.0 Å². The van der Waals surface area contributed by atoms with Crippen LogP contribution in [0.4, 0.5) is 4.39 Å². The molecule has 0 amide bonds. The van der Waals surface area contributed by atoms with Crippen LogP contribution < -0.4 is 25.5 Å². The molecule has 3 aliphatic rings. The van der Waals surface area contributed by atoms with E-state index in [4.69, 9.17) is 3.07 Å². The van der Waals surface area contributed by atoms with Crippen molar-refractivity contribution in [3.63, 3.8) is 0 Å². The molecule has 4 unspecified atom stereocenters. The SMILES string of the molecule is CC1(C)C2CCC3(F)CC21CC3O[I+][O-]. The monoisotopic (exact) mass is 326 g/mol. The fraction of sp³-hybridized carbons (Fsp3) is 1.00. The highest BCUT2D eigenvalue weighted by Crippen LogP contribution is 2.82. The van der Waals surface area contributed by atoms with E-state index >= 15 is 0 Å². The minimum absolute atomic E-state index is 0.170. The molecule has 3 aliphatic carbocycles. The predicted molar refractivity (Wildman–Crippen MR) is 46.9 cm³/mol. The van der Waals surface area contributed by atoms with E-state index in [2.05, 4.69) is 13.8 Å². The van der Waals surface area contributed by atoms with Crippen LogP contribution in [-0.2, 0) is 3.07 Å². The van der Waals surface area contributed by atoms with Crippen LogP contribution in [0.15, 0.2) is 0 Å². The maximum Gasteiger partial charge on any atom is 0.453 e. The van der Waals surface area contributed by atoms with Gasteiger partial charge in [-0.15, -0.1) is 3.07 Å². The lowest BCUT2D eigenvalue weighted by Gasteiger charge is -2.26. The summed E-state index contributed by atoms with van der Waals surface area (Å²) in [7, 11) is 0. The van der Waals surface area contributed by atoms with Gasteiger partial charge in [-0.1, -0.05) is 13.8 Å². The maximum atomic E-state index is 14.6. The Morgan fingerprint density at radius 3 is 2.80 bits per heavy atom. The highest BCUT2D eigenvalue weighted by Gasteiger charge is 2.80. The number of alkyl halides is 1. The first kappa shape index (κ1) is 10.7. The second kappa shape index (κ2) is 2.88. The van der Waals surface area contributed by atoms with E-state index in [1.807, 2.05) is 0 Å². The van der Waals surface area contributed by atoms with Gasteiger partial charge in [-0.25, -0.2) is 4.39 Å². The summed E-state index contributed by atoms with van der Waals surface area (Å²) in [5.74, 6) is 0.673. The van der Waals surface area contributed by atoms with Gasteiger partial charge in [0.25, 0.3) is 0 Å². The molecule has 86 valence electrons. The first-order valence-electron chi connectivity index (χ1n) is 5.58. The first-order valence-corrected chi connectivity index (χ1v) is 7.34. The highest BCUT2D eigenvalue weighted by atomic mass is 127. The topological polar surface area (TPSA) is 32.3 Å². The molecular weight excluding hydrogens is 310 g/mol. The van der Waals surface area contributed by atoms with Crippen LogP contribution in [0.5, 0.6) is 0 Å². The summed E-state index contributed by atoms with van der Waals surface area (Å²) < 4.78 is 30.4. The molecule has 3 rings (SSSR count).